The Balaban J connectivity index is 2.08. The van der Waals surface area contributed by atoms with Crippen LogP contribution in [0.3, 0.4) is 0 Å². The van der Waals surface area contributed by atoms with E-state index in [0.717, 1.165) is 47.8 Å². The minimum Gasteiger partial charge on any atom is -0.358 e. The summed E-state index contributed by atoms with van der Waals surface area (Å²) in [6.07, 6.45) is 1.65. The van der Waals surface area contributed by atoms with Gasteiger partial charge in [-0.05, 0) is 26.7 Å². The highest BCUT2D eigenvalue weighted by Gasteiger charge is 2.25. The minimum atomic E-state index is -0.185. The van der Waals surface area contributed by atoms with Gasteiger partial charge in [0.05, 0.1) is 5.69 Å². The summed E-state index contributed by atoms with van der Waals surface area (Å²) in [4.78, 5) is 16.4. The van der Waals surface area contributed by atoms with E-state index in [1.54, 1.807) is 4.52 Å². The number of carbonyl (C=O) groups is 1. The Morgan fingerprint density at radius 2 is 2.30 bits per heavy atom. The third-order valence-corrected chi connectivity index (χ3v) is 3.84. The van der Waals surface area contributed by atoms with Gasteiger partial charge < -0.3 is 10.6 Å². The van der Waals surface area contributed by atoms with E-state index in [1.165, 1.54) is 0 Å². The smallest absolute Gasteiger partial charge is 0.242 e. The Kier molecular flexibility index (Phi) is 3.08. The van der Waals surface area contributed by atoms with E-state index >= 15 is 0 Å². The molecule has 0 radical (unpaired) electrons. The minimum absolute atomic E-state index is 0.0496. The van der Waals surface area contributed by atoms with Crippen molar-refractivity contribution in [1.29, 1.82) is 0 Å². The molecule has 2 N–H and O–H groups in total. The van der Waals surface area contributed by atoms with E-state index < -0.39 is 0 Å². The van der Waals surface area contributed by atoms with Crippen molar-refractivity contribution < 1.29 is 4.79 Å². The second kappa shape index (κ2) is 4.77. The van der Waals surface area contributed by atoms with Crippen LogP contribution >= 0.6 is 0 Å². The zero-order valence-corrected chi connectivity index (χ0v) is 12.0. The fourth-order valence-electron chi connectivity index (χ4n) is 2.47. The lowest BCUT2D eigenvalue weighted by atomic mass is 10.2. The maximum atomic E-state index is 11.7. The van der Waals surface area contributed by atoms with Crippen LogP contribution in [0.1, 0.15) is 30.3 Å². The molecule has 6 heteroatoms. The molecule has 1 aliphatic heterocycles. The van der Waals surface area contributed by atoms with Crippen LogP contribution in [-0.2, 0) is 11.2 Å². The van der Waals surface area contributed by atoms with Crippen molar-refractivity contribution >= 4 is 17.4 Å². The molecule has 106 valence electrons. The number of rotatable bonds is 3. The van der Waals surface area contributed by atoms with Crippen molar-refractivity contribution in [1.82, 2.24) is 19.9 Å². The van der Waals surface area contributed by atoms with Crippen LogP contribution in [0.5, 0.6) is 0 Å². The van der Waals surface area contributed by atoms with Gasteiger partial charge in [-0.1, -0.05) is 6.92 Å². The number of nitrogens with zero attached hydrogens (tertiary/aromatic N) is 3. The average molecular weight is 273 g/mol. The molecular formula is C14H19N5O. The summed E-state index contributed by atoms with van der Waals surface area (Å²) in [5, 5.41) is 10.6. The molecule has 3 heterocycles. The van der Waals surface area contributed by atoms with E-state index in [4.69, 9.17) is 0 Å². The third kappa shape index (κ3) is 2.01. The zero-order valence-electron chi connectivity index (χ0n) is 12.0. The van der Waals surface area contributed by atoms with Crippen molar-refractivity contribution in [2.24, 2.45) is 0 Å². The first-order valence-corrected chi connectivity index (χ1v) is 7.00. The van der Waals surface area contributed by atoms with Gasteiger partial charge in [0.15, 0.2) is 5.65 Å². The van der Waals surface area contributed by atoms with Crippen molar-refractivity contribution in [3.8, 4) is 0 Å². The van der Waals surface area contributed by atoms with Gasteiger partial charge in [-0.25, -0.2) is 4.98 Å². The molecule has 1 amide bonds. The molecule has 3 rings (SSSR count). The molecule has 0 spiro atoms. The Morgan fingerprint density at radius 1 is 1.50 bits per heavy atom. The number of anilines is 1. The largest absolute Gasteiger partial charge is 0.358 e. The molecule has 1 saturated heterocycles. The van der Waals surface area contributed by atoms with Crippen molar-refractivity contribution in [3.63, 3.8) is 0 Å². The molecule has 1 aliphatic rings. The molecular weight excluding hydrogens is 254 g/mol. The second-order valence-corrected chi connectivity index (χ2v) is 5.21. The quantitative estimate of drug-likeness (QED) is 0.881. The summed E-state index contributed by atoms with van der Waals surface area (Å²) in [7, 11) is 0. The monoisotopic (exact) mass is 273 g/mol. The Hall–Kier alpha value is -2.11. The van der Waals surface area contributed by atoms with Gasteiger partial charge in [-0.3, -0.25) is 4.79 Å². The van der Waals surface area contributed by atoms with Crippen molar-refractivity contribution in [2.75, 3.05) is 11.9 Å². The molecule has 2 aromatic rings. The molecule has 20 heavy (non-hydrogen) atoms. The van der Waals surface area contributed by atoms with Crippen LogP contribution in [0, 0.1) is 13.8 Å². The molecule has 2 aromatic heterocycles. The molecule has 0 bridgehead atoms. The van der Waals surface area contributed by atoms with E-state index in [-0.39, 0.29) is 11.9 Å². The average Bonchev–Trinajstić information content (AvgIpc) is 2.96. The van der Waals surface area contributed by atoms with E-state index in [2.05, 4.69) is 27.6 Å². The number of amides is 1. The maximum absolute atomic E-state index is 11.7. The summed E-state index contributed by atoms with van der Waals surface area (Å²) in [6, 6.07) is 1.79. The molecule has 0 aliphatic carbocycles. The lowest BCUT2D eigenvalue weighted by Crippen LogP contribution is -2.30. The summed E-state index contributed by atoms with van der Waals surface area (Å²) < 4.78 is 1.80. The summed E-state index contributed by atoms with van der Waals surface area (Å²) >= 11 is 0. The number of hydrogen-bond donors (Lipinski definition) is 2. The van der Waals surface area contributed by atoms with Gasteiger partial charge >= 0.3 is 0 Å². The highest BCUT2D eigenvalue weighted by atomic mass is 16.2. The SMILES string of the molecule is CCc1cc(N[C@@H]2CCNC2=O)n2nc(C)c(C)c2n1. The van der Waals surface area contributed by atoms with Crippen molar-refractivity contribution in [3.05, 3.63) is 23.0 Å². The standard InChI is InChI=1S/C14H19N5O/c1-4-10-7-12(17-11-5-6-15-14(11)20)19-13(16-10)8(2)9(3)18-19/h7,11,17H,4-6H2,1-3H3,(H,15,20)/t11-/m1/s1. The topological polar surface area (TPSA) is 71.3 Å². The van der Waals surface area contributed by atoms with Crippen LogP contribution in [0.4, 0.5) is 5.82 Å². The third-order valence-electron chi connectivity index (χ3n) is 3.84. The van der Waals surface area contributed by atoms with E-state index in [1.807, 2.05) is 19.9 Å². The molecule has 1 atom stereocenters. The van der Waals surface area contributed by atoms with Crippen molar-refractivity contribution in [2.45, 2.75) is 39.7 Å². The van der Waals surface area contributed by atoms with Gasteiger partial charge in [0.2, 0.25) is 5.91 Å². The number of aromatic nitrogens is 3. The lowest BCUT2D eigenvalue weighted by Gasteiger charge is -2.13. The normalized spacial score (nSPS) is 18.6. The zero-order chi connectivity index (χ0) is 14.3. The van der Waals surface area contributed by atoms with Gasteiger partial charge in [-0.15, -0.1) is 0 Å². The Morgan fingerprint density at radius 3 is 2.95 bits per heavy atom. The van der Waals surface area contributed by atoms with Crippen LogP contribution in [0.25, 0.3) is 5.65 Å². The highest BCUT2D eigenvalue weighted by Crippen LogP contribution is 2.20. The molecule has 0 unspecified atom stereocenters. The maximum Gasteiger partial charge on any atom is 0.242 e. The molecule has 6 nitrogen and oxygen atoms in total. The summed E-state index contributed by atoms with van der Waals surface area (Å²) in [5.41, 5.74) is 3.91. The number of aryl methyl sites for hydroxylation is 3. The fraction of sp³-hybridized carbons (Fsp3) is 0.500. The Bertz CT molecular complexity index is 676. The second-order valence-electron chi connectivity index (χ2n) is 5.21. The fourth-order valence-corrected chi connectivity index (χ4v) is 2.47. The van der Waals surface area contributed by atoms with E-state index in [9.17, 15) is 4.79 Å². The predicted octanol–water partition coefficient (Wildman–Crippen LogP) is 1.21. The van der Waals surface area contributed by atoms with Crippen LogP contribution < -0.4 is 10.6 Å². The van der Waals surface area contributed by atoms with Crippen LogP contribution in [0.2, 0.25) is 0 Å². The highest BCUT2D eigenvalue weighted by molar-refractivity contribution is 5.86. The Labute approximate surface area is 117 Å². The van der Waals surface area contributed by atoms with Gasteiger partial charge in [0.1, 0.15) is 11.9 Å². The van der Waals surface area contributed by atoms with Gasteiger partial charge in [0.25, 0.3) is 0 Å². The number of hydrogen-bond acceptors (Lipinski definition) is 4. The first-order chi connectivity index (χ1) is 9.60. The van der Waals surface area contributed by atoms with Crippen LogP contribution in [-0.4, -0.2) is 33.1 Å². The number of nitrogens with one attached hydrogen (secondary N) is 2. The first-order valence-electron chi connectivity index (χ1n) is 7.00. The van der Waals surface area contributed by atoms with E-state index in [0.29, 0.717) is 0 Å². The molecule has 0 aromatic carbocycles. The predicted molar refractivity (Wildman–Crippen MR) is 76.9 cm³/mol. The summed E-state index contributed by atoms with van der Waals surface area (Å²) in [6.45, 7) is 6.80. The van der Waals surface area contributed by atoms with Crippen LogP contribution in [0.15, 0.2) is 6.07 Å². The summed E-state index contributed by atoms with van der Waals surface area (Å²) in [5.74, 6) is 0.888. The van der Waals surface area contributed by atoms with Gasteiger partial charge in [0, 0.05) is 23.9 Å². The first kappa shape index (κ1) is 12.9. The number of fused-ring (bicyclic) bond motifs is 1. The molecule has 1 fully saturated rings. The lowest BCUT2D eigenvalue weighted by molar-refractivity contribution is -0.119. The van der Waals surface area contributed by atoms with Gasteiger partial charge in [-0.2, -0.15) is 9.61 Å². The molecule has 0 saturated carbocycles. The number of carbonyl (C=O) groups excluding carboxylic acids is 1.